The van der Waals surface area contributed by atoms with Crippen molar-refractivity contribution in [2.24, 2.45) is 0 Å². The van der Waals surface area contributed by atoms with E-state index in [0.29, 0.717) is 18.0 Å². The lowest BCUT2D eigenvalue weighted by molar-refractivity contribution is -0.385. The van der Waals surface area contributed by atoms with Crippen molar-refractivity contribution in [1.29, 1.82) is 0 Å². The highest BCUT2D eigenvalue weighted by molar-refractivity contribution is 7.12. The minimum Gasteiger partial charge on any atom is -0.482 e. The van der Waals surface area contributed by atoms with Gasteiger partial charge in [-0.3, -0.25) is 19.8 Å². The molecule has 3 aromatic rings. The summed E-state index contributed by atoms with van der Waals surface area (Å²) in [5, 5.41) is 13.7. The molecule has 1 saturated heterocycles. The van der Waals surface area contributed by atoms with Crippen molar-refractivity contribution in [3.05, 3.63) is 91.1 Å². The van der Waals surface area contributed by atoms with Crippen molar-refractivity contribution < 1.29 is 14.5 Å². The summed E-state index contributed by atoms with van der Waals surface area (Å²) in [5.74, 6) is 0.224. The largest absolute Gasteiger partial charge is 0.482 e. The molecule has 166 valence electrons. The number of ether oxygens (including phenoxy) is 1. The van der Waals surface area contributed by atoms with E-state index in [1.807, 2.05) is 28.5 Å². The van der Waals surface area contributed by atoms with Gasteiger partial charge in [0.2, 0.25) is 0 Å². The number of para-hydroxylation sites is 2. The number of rotatable bonds is 7. The van der Waals surface area contributed by atoms with E-state index in [0.717, 1.165) is 30.2 Å². The van der Waals surface area contributed by atoms with Crippen LogP contribution in [0, 0.1) is 10.1 Å². The van der Waals surface area contributed by atoms with Crippen LogP contribution in [-0.2, 0) is 13.2 Å². The summed E-state index contributed by atoms with van der Waals surface area (Å²) in [6.45, 7) is 3.92. The Kier molecular flexibility index (Phi) is 7.04. The van der Waals surface area contributed by atoms with Gasteiger partial charge in [0.05, 0.1) is 9.80 Å². The number of hydrogen-bond acceptors (Lipinski definition) is 6. The summed E-state index contributed by atoms with van der Waals surface area (Å²) in [4.78, 5) is 28.4. The molecule has 2 heterocycles. The number of carbonyl (C=O) groups excluding carboxylic acids is 1. The molecule has 0 aliphatic carbocycles. The molecule has 0 unspecified atom stereocenters. The van der Waals surface area contributed by atoms with Crippen molar-refractivity contribution in [1.82, 2.24) is 9.80 Å². The molecule has 7 nitrogen and oxygen atoms in total. The Bertz CT molecular complexity index is 1110. The maximum Gasteiger partial charge on any atom is 0.310 e. The van der Waals surface area contributed by atoms with Crippen LogP contribution in [-0.4, -0.2) is 46.8 Å². The third-order valence-corrected chi connectivity index (χ3v) is 6.48. The molecular formula is C23H22ClN3O4S. The predicted octanol–water partition coefficient (Wildman–Crippen LogP) is 4.85. The highest BCUT2D eigenvalue weighted by Crippen LogP contribution is 2.27. The summed E-state index contributed by atoms with van der Waals surface area (Å²) in [5.41, 5.74) is 1.91. The Labute approximate surface area is 194 Å². The van der Waals surface area contributed by atoms with Crippen LogP contribution in [0.1, 0.15) is 20.8 Å². The molecule has 1 aromatic heterocycles. The lowest BCUT2D eigenvalue weighted by atomic mass is 10.2. The second kappa shape index (κ2) is 10.1. The molecule has 0 spiro atoms. The van der Waals surface area contributed by atoms with Gasteiger partial charge in [0, 0.05) is 49.4 Å². The number of hydrogen-bond donors (Lipinski definition) is 0. The lowest BCUT2D eigenvalue weighted by Crippen LogP contribution is -2.48. The average Bonchev–Trinajstić information content (AvgIpc) is 3.27. The van der Waals surface area contributed by atoms with E-state index in [-0.39, 0.29) is 24.0 Å². The van der Waals surface area contributed by atoms with Crippen LogP contribution in [0.15, 0.2) is 60.0 Å². The molecule has 9 heteroatoms. The van der Waals surface area contributed by atoms with Gasteiger partial charge in [0.15, 0.2) is 5.75 Å². The first-order valence-corrected chi connectivity index (χ1v) is 11.4. The van der Waals surface area contributed by atoms with Gasteiger partial charge in [-0.1, -0.05) is 35.9 Å². The highest BCUT2D eigenvalue weighted by atomic mass is 35.5. The van der Waals surface area contributed by atoms with E-state index in [1.165, 1.54) is 23.0 Å². The number of nitro groups is 1. The number of carbonyl (C=O) groups is 1. The molecule has 1 amide bonds. The quantitative estimate of drug-likeness (QED) is 0.364. The Hall–Kier alpha value is -2.94. The minimum absolute atomic E-state index is 0.00865. The Balaban J connectivity index is 1.30. The van der Waals surface area contributed by atoms with Gasteiger partial charge < -0.3 is 9.64 Å². The van der Waals surface area contributed by atoms with Crippen molar-refractivity contribution in [3.8, 4) is 5.75 Å². The lowest BCUT2D eigenvalue weighted by Gasteiger charge is -2.34. The summed E-state index contributed by atoms with van der Waals surface area (Å²) < 4.78 is 5.63. The zero-order chi connectivity index (χ0) is 22.5. The number of halogens is 1. The number of piperazine rings is 1. The standard InChI is InChI=1S/C23H22ClN3O4S/c24-19-5-3-4-17(12-19)14-25-8-10-26(11-9-25)23(28)22-13-18(16-32-22)15-31-21-7-2-1-6-20(21)27(29)30/h1-7,12-13,16H,8-11,14-15H2. The van der Waals surface area contributed by atoms with Gasteiger partial charge in [0.1, 0.15) is 6.61 Å². The molecule has 0 atom stereocenters. The van der Waals surface area contributed by atoms with Gasteiger partial charge in [-0.05, 0) is 35.2 Å². The fourth-order valence-corrected chi connectivity index (χ4v) is 4.69. The summed E-state index contributed by atoms with van der Waals surface area (Å²) in [6.07, 6.45) is 0. The Morgan fingerprint density at radius 2 is 1.84 bits per heavy atom. The predicted molar refractivity (Wildman–Crippen MR) is 124 cm³/mol. The van der Waals surface area contributed by atoms with Crippen LogP contribution in [0.5, 0.6) is 5.75 Å². The SMILES string of the molecule is O=C(c1cc(COc2ccccc2[N+](=O)[O-])cs1)N1CCN(Cc2cccc(Cl)c2)CC1. The molecule has 0 radical (unpaired) electrons. The first kappa shape index (κ1) is 22.3. The zero-order valence-corrected chi connectivity index (χ0v) is 18.8. The Morgan fingerprint density at radius 3 is 2.59 bits per heavy atom. The van der Waals surface area contributed by atoms with Crippen LogP contribution >= 0.6 is 22.9 Å². The number of benzene rings is 2. The molecule has 32 heavy (non-hydrogen) atoms. The van der Waals surface area contributed by atoms with Crippen LogP contribution in [0.25, 0.3) is 0 Å². The summed E-state index contributed by atoms with van der Waals surface area (Å²) in [7, 11) is 0. The first-order chi connectivity index (χ1) is 15.5. The number of thiophene rings is 1. The summed E-state index contributed by atoms with van der Waals surface area (Å²) in [6, 6.07) is 15.9. The van der Waals surface area contributed by atoms with Crippen LogP contribution in [0.4, 0.5) is 5.69 Å². The summed E-state index contributed by atoms with van der Waals surface area (Å²) >= 11 is 7.44. The van der Waals surface area contributed by atoms with Gasteiger partial charge >= 0.3 is 5.69 Å². The molecule has 0 bridgehead atoms. The van der Waals surface area contributed by atoms with E-state index in [9.17, 15) is 14.9 Å². The highest BCUT2D eigenvalue weighted by Gasteiger charge is 2.23. The van der Waals surface area contributed by atoms with Gasteiger partial charge in [-0.15, -0.1) is 11.3 Å². The third kappa shape index (κ3) is 5.45. The molecule has 1 aliphatic heterocycles. The number of nitro benzene ring substituents is 1. The zero-order valence-electron chi connectivity index (χ0n) is 17.3. The van der Waals surface area contributed by atoms with Crippen LogP contribution in [0.2, 0.25) is 5.02 Å². The van der Waals surface area contributed by atoms with Crippen LogP contribution < -0.4 is 4.74 Å². The number of nitrogens with zero attached hydrogens (tertiary/aromatic N) is 3. The van der Waals surface area contributed by atoms with Crippen molar-refractivity contribution >= 4 is 34.5 Å². The fourth-order valence-electron chi connectivity index (χ4n) is 3.61. The van der Waals surface area contributed by atoms with Gasteiger partial charge in [-0.2, -0.15) is 0 Å². The molecule has 0 N–H and O–H groups in total. The molecule has 0 saturated carbocycles. The van der Waals surface area contributed by atoms with Gasteiger partial charge in [0.25, 0.3) is 5.91 Å². The van der Waals surface area contributed by atoms with Crippen molar-refractivity contribution in [3.63, 3.8) is 0 Å². The fraction of sp³-hybridized carbons (Fsp3) is 0.261. The second-order valence-electron chi connectivity index (χ2n) is 7.53. The van der Waals surface area contributed by atoms with Gasteiger partial charge in [-0.25, -0.2) is 0 Å². The van der Waals surface area contributed by atoms with E-state index in [2.05, 4.69) is 11.0 Å². The monoisotopic (exact) mass is 471 g/mol. The molecule has 1 aliphatic rings. The maximum absolute atomic E-state index is 12.9. The maximum atomic E-state index is 12.9. The first-order valence-electron chi connectivity index (χ1n) is 10.2. The molecule has 4 rings (SSSR count). The van der Waals surface area contributed by atoms with Crippen molar-refractivity contribution in [2.75, 3.05) is 26.2 Å². The number of amides is 1. The van der Waals surface area contributed by atoms with E-state index >= 15 is 0 Å². The molecule has 2 aromatic carbocycles. The molecule has 1 fully saturated rings. The van der Waals surface area contributed by atoms with E-state index in [4.69, 9.17) is 16.3 Å². The molecular weight excluding hydrogens is 450 g/mol. The normalized spacial score (nSPS) is 14.3. The Morgan fingerprint density at radius 1 is 1.06 bits per heavy atom. The third-order valence-electron chi connectivity index (χ3n) is 5.28. The second-order valence-corrected chi connectivity index (χ2v) is 8.88. The van der Waals surface area contributed by atoms with E-state index < -0.39 is 4.92 Å². The van der Waals surface area contributed by atoms with E-state index in [1.54, 1.807) is 24.3 Å². The van der Waals surface area contributed by atoms with Crippen molar-refractivity contribution in [2.45, 2.75) is 13.2 Å². The smallest absolute Gasteiger partial charge is 0.310 e. The average molecular weight is 472 g/mol. The van der Waals surface area contributed by atoms with Crippen LogP contribution in [0.3, 0.4) is 0 Å². The topological polar surface area (TPSA) is 75.9 Å². The minimum atomic E-state index is -0.468.